The molecule has 0 aliphatic carbocycles. The lowest BCUT2D eigenvalue weighted by molar-refractivity contribution is 0.0751. The Bertz CT molecular complexity index is 1070. The normalized spacial score (nSPS) is 15.3. The first-order valence-electron chi connectivity index (χ1n) is 10.5. The molecule has 2 heterocycles. The molecule has 0 bridgehead atoms. The van der Waals surface area contributed by atoms with Crippen molar-refractivity contribution in [2.75, 3.05) is 36.8 Å². The summed E-state index contributed by atoms with van der Waals surface area (Å²) in [5.41, 5.74) is 6.20. The molecule has 0 unspecified atom stereocenters. The molecule has 11 heteroatoms. The van der Waals surface area contributed by atoms with E-state index in [9.17, 15) is 13.2 Å². The van der Waals surface area contributed by atoms with Gasteiger partial charge in [0.25, 0.3) is 0 Å². The number of anilines is 2. The van der Waals surface area contributed by atoms with Crippen molar-refractivity contribution >= 4 is 38.3 Å². The molecule has 1 amide bonds. The summed E-state index contributed by atoms with van der Waals surface area (Å²) in [5.74, 6) is 0. The van der Waals surface area contributed by atoms with E-state index in [0.717, 1.165) is 10.0 Å². The SMILES string of the molecule is CC(C)OC(=O)N1CCN(c2ncc(-c3ccc(N)cc3S(=O)(=O)NC(C)(C)C)s2)CC1. The third kappa shape index (κ3) is 5.90. The van der Waals surface area contributed by atoms with Crippen LogP contribution in [0.25, 0.3) is 10.4 Å². The van der Waals surface area contributed by atoms with Crippen LogP contribution in [0.5, 0.6) is 0 Å². The van der Waals surface area contributed by atoms with Crippen LogP contribution in [0.4, 0.5) is 15.6 Å². The molecule has 2 aromatic rings. The molecular weight excluding hydrogens is 450 g/mol. The van der Waals surface area contributed by atoms with E-state index in [1.54, 1.807) is 44.0 Å². The zero-order valence-corrected chi connectivity index (χ0v) is 20.7. The predicted octanol–water partition coefficient (Wildman–Crippen LogP) is 3.14. The van der Waals surface area contributed by atoms with E-state index in [2.05, 4.69) is 14.6 Å². The number of piperazine rings is 1. The number of sulfonamides is 1. The summed E-state index contributed by atoms with van der Waals surface area (Å²) in [5, 5.41) is 0.779. The minimum atomic E-state index is -3.78. The summed E-state index contributed by atoms with van der Waals surface area (Å²) in [7, 11) is -3.78. The van der Waals surface area contributed by atoms with Crippen LogP contribution in [0, 0.1) is 0 Å². The summed E-state index contributed by atoms with van der Waals surface area (Å²) in [4.78, 5) is 21.3. The number of nitrogens with one attached hydrogen (secondary N) is 1. The van der Waals surface area contributed by atoms with Gasteiger partial charge in [0, 0.05) is 49.2 Å². The number of hydrogen-bond donors (Lipinski definition) is 2. The molecule has 1 aromatic heterocycles. The molecule has 1 aliphatic rings. The number of carbonyl (C=O) groups is 1. The molecule has 0 atom stereocenters. The van der Waals surface area contributed by atoms with Crippen LogP contribution in [0.2, 0.25) is 0 Å². The molecule has 1 saturated heterocycles. The van der Waals surface area contributed by atoms with Crippen LogP contribution in [0.15, 0.2) is 29.3 Å². The Balaban J connectivity index is 1.80. The topological polar surface area (TPSA) is 118 Å². The van der Waals surface area contributed by atoms with Crippen LogP contribution < -0.4 is 15.4 Å². The minimum Gasteiger partial charge on any atom is -0.447 e. The van der Waals surface area contributed by atoms with Gasteiger partial charge in [-0.2, -0.15) is 0 Å². The number of thiazole rings is 1. The van der Waals surface area contributed by atoms with Crippen LogP contribution in [0.3, 0.4) is 0 Å². The van der Waals surface area contributed by atoms with E-state index in [0.29, 0.717) is 37.4 Å². The highest BCUT2D eigenvalue weighted by atomic mass is 32.2. The Labute approximate surface area is 193 Å². The number of carbonyl (C=O) groups excluding carboxylic acids is 1. The third-order valence-electron chi connectivity index (χ3n) is 4.64. The maximum Gasteiger partial charge on any atom is 0.410 e. The number of ether oxygens (including phenoxy) is 1. The van der Waals surface area contributed by atoms with Gasteiger partial charge < -0.3 is 20.3 Å². The van der Waals surface area contributed by atoms with Gasteiger partial charge in [-0.25, -0.2) is 22.9 Å². The van der Waals surface area contributed by atoms with Crippen molar-refractivity contribution < 1.29 is 17.9 Å². The van der Waals surface area contributed by atoms with Crippen molar-refractivity contribution in [1.29, 1.82) is 0 Å². The van der Waals surface area contributed by atoms with Gasteiger partial charge in [0.2, 0.25) is 10.0 Å². The average molecular weight is 482 g/mol. The highest BCUT2D eigenvalue weighted by molar-refractivity contribution is 7.89. The van der Waals surface area contributed by atoms with Crippen LogP contribution in [0.1, 0.15) is 34.6 Å². The number of nitrogen functional groups attached to an aromatic ring is 1. The van der Waals surface area contributed by atoms with Gasteiger partial charge in [-0.05, 0) is 46.8 Å². The molecule has 1 aliphatic heterocycles. The van der Waals surface area contributed by atoms with Crippen molar-refractivity contribution in [3.63, 3.8) is 0 Å². The van der Waals surface area contributed by atoms with E-state index in [1.807, 2.05) is 13.8 Å². The first-order chi connectivity index (χ1) is 14.9. The van der Waals surface area contributed by atoms with Crippen LogP contribution in [-0.4, -0.2) is 62.2 Å². The summed E-state index contributed by atoms with van der Waals surface area (Å²) < 4.78 is 34.0. The van der Waals surface area contributed by atoms with Gasteiger partial charge in [-0.1, -0.05) is 17.4 Å². The van der Waals surface area contributed by atoms with Crippen LogP contribution >= 0.6 is 11.3 Å². The van der Waals surface area contributed by atoms with E-state index >= 15 is 0 Å². The largest absolute Gasteiger partial charge is 0.447 e. The Morgan fingerprint density at radius 2 is 1.88 bits per heavy atom. The number of hydrogen-bond acceptors (Lipinski definition) is 8. The molecule has 0 radical (unpaired) electrons. The van der Waals surface area contributed by atoms with Crippen molar-refractivity contribution in [3.8, 4) is 10.4 Å². The highest BCUT2D eigenvalue weighted by Crippen LogP contribution is 2.36. The second kappa shape index (κ2) is 9.24. The zero-order valence-electron chi connectivity index (χ0n) is 19.1. The second-order valence-corrected chi connectivity index (χ2v) is 11.7. The van der Waals surface area contributed by atoms with Gasteiger partial charge in [0.1, 0.15) is 0 Å². The summed E-state index contributed by atoms with van der Waals surface area (Å²) in [6.07, 6.45) is 1.23. The Hall–Kier alpha value is -2.37. The first-order valence-corrected chi connectivity index (χ1v) is 12.8. The number of rotatable bonds is 5. The van der Waals surface area contributed by atoms with Gasteiger partial charge in [-0.15, -0.1) is 0 Å². The average Bonchev–Trinajstić information content (AvgIpc) is 3.15. The number of nitrogens with two attached hydrogens (primary N) is 1. The maximum absolute atomic E-state index is 13.0. The Morgan fingerprint density at radius 3 is 2.47 bits per heavy atom. The quantitative estimate of drug-likeness (QED) is 0.630. The Kier molecular flexibility index (Phi) is 7.01. The van der Waals surface area contributed by atoms with Crippen molar-refractivity contribution in [1.82, 2.24) is 14.6 Å². The molecule has 32 heavy (non-hydrogen) atoms. The fraction of sp³-hybridized carbons (Fsp3) is 0.524. The monoisotopic (exact) mass is 481 g/mol. The smallest absolute Gasteiger partial charge is 0.410 e. The molecule has 3 rings (SSSR count). The molecule has 176 valence electrons. The zero-order chi connectivity index (χ0) is 23.7. The fourth-order valence-electron chi connectivity index (χ4n) is 3.31. The van der Waals surface area contributed by atoms with E-state index in [4.69, 9.17) is 10.5 Å². The first kappa shape index (κ1) is 24.3. The number of benzene rings is 1. The highest BCUT2D eigenvalue weighted by Gasteiger charge is 2.28. The van der Waals surface area contributed by atoms with E-state index < -0.39 is 15.6 Å². The number of amides is 1. The van der Waals surface area contributed by atoms with Crippen LogP contribution in [-0.2, 0) is 14.8 Å². The lowest BCUT2D eigenvalue weighted by Gasteiger charge is -2.34. The van der Waals surface area contributed by atoms with E-state index in [1.165, 1.54) is 17.4 Å². The van der Waals surface area contributed by atoms with Crippen molar-refractivity contribution in [2.24, 2.45) is 0 Å². The standard InChI is InChI=1S/C21H31N5O4S2/c1-14(2)30-20(27)26-10-8-25(9-11-26)19-23-13-17(31-19)16-7-6-15(22)12-18(16)32(28,29)24-21(3,4)5/h6-7,12-14,24H,8-11,22H2,1-5H3. The van der Waals surface area contributed by atoms with Gasteiger partial charge in [0.05, 0.1) is 15.9 Å². The van der Waals surface area contributed by atoms with Crippen molar-refractivity contribution in [2.45, 2.75) is 51.2 Å². The molecular formula is C21H31N5O4S2. The van der Waals surface area contributed by atoms with Gasteiger partial charge >= 0.3 is 6.09 Å². The predicted molar refractivity (Wildman–Crippen MR) is 127 cm³/mol. The summed E-state index contributed by atoms with van der Waals surface area (Å²) in [6.45, 7) is 11.3. The number of nitrogens with zero attached hydrogens (tertiary/aromatic N) is 3. The third-order valence-corrected chi connectivity index (χ3v) is 7.53. The lowest BCUT2D eigenvalue weighted by atomic mass is 10.1. The van der Waals surface area contributed by atoms with E-state index in [-0.39, 0.29) is 17.1 Å². The molecule has 1 fully saturated rings. The Morgan fingerprint density at radius 1 is 1.22 bits per heavy atom. The minimum absolute atomic E-state index is 0.129. The molecule has 1 aromatic carbocycles. The molecule has 3 N–H and O–H groups in total. The second-order valence-electron chi connectivity index (χ2n) is 9.02. The van der Waals surface area contributed by atoms with Gasteiger partial charge in [0.15, 0.2) is 5.13 Å². The summed E-state index contributed by atoms with van der Waals surface area (Å²) in [6, 6.07) is 4.87. The van der Waals surface area contributed by atoms with Gasteiger partial charge in [-0.3, -0.25) is 0 Å². The number of aromatic nitrogens is 1. The maximum atomic E-state index is 13.0. The molecule has 0 spiro atoms. The molecule has 9 nitrogen and oxygen atoms in total. The molecule has 0 saturated carbocycles. The van der Waals surface area contributed by atoms with Crippen molar-refractivity contribution in [3.05, 3.63) is 24.4 Å². The lowest BCUT2D eigenvalue weighted by Crippen LogP contribution is -2.49. The fourth-order valence-corrected chi connectivity index (χ4v) is 6.06. The summed E-state index contributed by atoms with van der Waals surface area (Å²) >= 11 is 1.41.